The van der Waals surface area contributed by atoms with E-state index in [2.05, 4.69) is 13.8 Å². The third-order valence-corrected chi connectivity index (χ3v) is 7.03. The van der Waals surface area contributed by atoms with E-state index in [1.54, 1.807) is 0 Å². The summed E-state index contributed by atoms with van der Waals surface area (Å²) in [6.45, 7) is 4.54. The third-order valence-electron chi connectivity index (χ3n) is 3.54. The Labute approximate surface area is 89.7 Å². The Morgan fingerprint density at radius 3 is 2.36 bits per heavy atom. The summed E-state index contributed by atoms with van der Waals surface area (Å²) in [4.78, 5) is 10.4. The van der Waals surface area contributed by atoms with Gasteiger partial charge in [-0.1, -0.05) is 39.5 Å². The molecule has 2 heteroatoms. The monoisotopic (exact) mass is 217 g/mol. The summed E-state index contributed by atoms with van der Waals surface area (Å²) in [7, 11) is -1.43. The van der Waals surface area contributed by atoms with Gasteiger partial charge >= 0.3 is 0 Å². The lowest BCUT2D eigenvalue weighted by atomic mass is 10.0. The third kappa shape index (κ3) is 3.87. The van der Waals surface area contributed by atoms with Crippen molar-refractivity contribution in [1.29, 1.82) is 0 Å². The fourth-order valence-electron chi connectivity index (χ4n) is 2.50. The van der Waals surface area contributed by atoms with Crippen LogP contribution in [-0.4, -0.2) is 23.4 Å². The molecule has 1 heterocycles. The van der Waals surface area contributed by atoms with Gasteiger partial charge < -0.3 is 4.89 Å². The van der Waals surface area contributed by atoms with E-state index in [1.807, 2.05) is 0 Å². The van der Waals surface area contributed by atoms with Gasteiger partial charge in [0.15, 0.2) is 0 Å². The maximum atomic E-state index is 10.4. The SMILES string of the molecule is CCCCC(CC)C[P]1(O)CCCC1. The van der Waals surface area contributed by atoms with Crippen molar-refractivity contribution in [3.63, 3.8) is 0 Å². The van der Waals surface area contributed by atoms with Gasteiger partial charge in [0.25, 0.3) is 0 Å². The van der Waals surface area contributed by atoms with E-state index < -0.39 is 7.49 Å². The van der Waals surface area contributed by atoms with Crippen molar-refractivity contribution in [3.05, 3.63) is 0 Å². The summed E-state index contributed by atoms with van der Waals surface area (Å²) >= 11 is 0. The summed E-state index contributed by atoms with van der Waals surface area (Å²) in [5.74, 6) is 0.811. The van der Waals surface area contributed by atoms with E-state index in [0.717, 1.165) is 18.2 Å². The van der Waals surface area contributed by atoms with Crippen LogP contribution in [0.4, 0.5) is 0 Å². The molecule has 0 aromatic carbocycles. The predicted molar refractivity (Wildman–Crippen MR) is 66.3 cm³/mol. The summed E-state index contributed by atoms with van der Waals surface area (Å²) in [6.07, 6.45) is 11.3. The zero-order chi connectivity index (χ0) is 10.4. The number of unbranched alkanes of at least 4 members (excludes halogenated alkanes) is 1. The molecule has 0 saturated carbocycles. The van der Waals surface area contributed by atoms with Gasteiger partial charge in [-0.15, -0.1) is 0 Å². The van der Waals surface area contributed by atoms with Crippen LogP contribution in [0.1, 0.15) is 52.4 Å². The van der Waals surface area contributed by atoms with Crippen molar-refractivity contribution >= 4 is 7.49 Å². The summed E-state index contributed by atoms with van der Waals surface area (Å²) < 4.78 is 0. The predicted octanol–water partition coefficient (Wildman–Crippen LogP) is 3.92. The highest BCUT2D eigenvalue weighted by Crippen LogP contribution is 2.61. The van der Waals surface area contributed by atoms with Crippen LogP contribution in [0.2, 0.25) is 0 Å². The molecule has 1 fully saturated rings. The molecule has 1 unspecified atom stereocenters. The molecule has 85 valence electrons. The highest BCUT2D eigenvalue weighted by Gasteiger charge is 2.30. The van der Waals surface area contributed by atoms with Gasteiger partial charge in [0, 0.05) is 0 Å². The molecule has 0 aromatic rings. The van der Waals surface area contributed by atoms with Crippen LogP contribution >= 0.6 is 7.49 Å². The summed E-state index contributed by atoms with van der Waals surface area (Å²) in [6, 6.07) is 0. The molecule has 1 N–H and O–H groups in total. The van der Waals surface area contributed by atoms with Crippen molar-refractivity contribution < 1.29 is 4.89 Å². The lowest BCUT2D eigenvalue weighted by molar-refractivity contribution is 0.478. The largest absolute Gasteiger partial charge is 0.380 e. The molecule has 1 nitrogen and oxygen atoms in total. The number of rotatable bonds is 6. The maximum Gasteiger partial charge on any atom is -0.0108 e. The molecular weight excluding hydrogens is 191 g/mol. The molecule has 0 aromatic heterocycles. The van der Waals surface area contributed by atoms with Crippen LogP contribution in [0.3, 0.4) is 0 Å². The first kappa shape index (κ1) is 12.5. The minimum Gasteiger partial charge on any atom is -0.380 e. The van der Waals surface area contributed by atoms with E-state index in [9.17, 15) is 4.89 Å². The standard InChI is InChI=1S/C12H26OP/c1-3-5-8-12(4-2)11-14(13)9-6-7-10-14/h12-13H,3-11H2,1-2H3. The van der Waals surface area contributed by atoms with Crippen LogP contribution in [-0.2, 0) is 0 Å². The first-order valence-corrected chi connectivity index (χ1v) is 8.59. The Kier molecular flexibility index (Phi) is 5.41. The molecule has 0 amide bonds. The van der Waals surface area contributed by atoms with Crippen molar-refractivity contribution in [1.82, 2.24) is 0 Å². The Balaban J connectivity index is 2.30. The molecule has 1 aliphatic rings. The molecular formula is C12H26OP. The van der Waals surface area contributed by atoms with Crippen molar-refractivity contribution in [2.24, 2.45) is 5.92 Å². The van der Waals surface area contributed by atoms with Crippen molar-refractivity contribution in [2.75, 3.05) is 18.5 Å². The molecule has 0 aliphatic carbocycles. The van der Waals surface area contributed by atoms with E-state index >= 15 is 0 Å². The van der Waals surface area contributed by atoms with Gasteiger partial charge in [-0.25, -0.2) is 0 Å². The van der Waals surface area contributed by atoms with Crippen LogP contribution in [0.5, 0.6) is 0 Å². The lowest BCUT2D eigenvalue weighted by Gasteiger charge is -2.29. The minimum atomic E-state index is -1.43. The van der Waals surface area contributed by atoms with Crippen LogP contribution in [0.15, 0.2) is 0 Å². The normalized spacial score (nSPS) is 22.5. The number of hydrogen-bond acceptors (Lipinski definition) is 1. The van der Waals surface area contributed by atoms with Gasteiger partial charge in [0.2, 0.25) is 0 Å². The molecule has 14 heavy (non-hydrogen) atoms. The molecule has 1 aliphatic heterocycles. The second-order valence-electron chi connectivity index (χ2n) is 4.85. The fourth-order valence-corrected chi connectivity index (χ4v) is 6.12. The van der Waals surface area contributed by atoms with E-state index in [1.165, 1.54) is 44.7 Å². The molecule has 1 rings (SSSR count). The fraction of sp³-hybridized carbons (Fsp3) is 1.00. The van der Waals surface area contributed by atoms with Gasteiger partial charge in [-0.05, 0) is 44.7 Å². The minimum absolute atomic E-state index is 0.811. The second-order valence-corrected chi connectivity index (χ2v) is 8.30. The van der Waals surface area contributed by atoms with Gasteiger partial charge in [-0.2, -0.15) is 0 Å². The van der Waals surface area contributed by atoms with Gasteiger partial charge in [-0.3, -0.25) is 0 Å². The average molecular weight is 217 g/mol. The van der Waals surface area contributed by atoms with Gasteiger partial charge in [0.05, 0.1) is 0 Å². The summed E-state index contributed by atoms with van der Waals surface area (Å²) in [5, 5.41) is 0. The zero-order valence-corrected chi connectivity index (χ0v) is 10.7. The second kappa shape index (κ2) is 6.08. The summed E-state index contributed by atoms with van der Waals surface area (Å²) in [5.41, 5.74) is 0. The quantitative estimate of drug-likeness (QED) is 0.668. The van der Waals surface area contributed by atoms with E-state index in [-0.39, 0.29) is 0 Å². The number of hydrogen-bond donors (Lipinski definition) is 1. The Morgan fingerprint density at radius 2 is 1.86 bits per heavy atom. The molecule has 1 radical (unpaired) electrons. The molecule has 0 bridgehead atoms. The Morgan fingerprint density at radius 1 is 1.21 bits per heavy atom. The van der Waals surface area contributed by atoms with Crippen LogP contribution < -0.4 is 0 Å². The van der Waals surface area contributed by atoms with E-state index in [0.29, 0.717) is 0 Å². The zero-order valence-electron chi connectivity index (χ0n) is 9.84. The first-order valence-electron chi connectivity index (χ1n) is 6.29. The Hall–Kier alpha value is 0.390. The topological polar surface area (TPSA) is 20.2 Å². The molecule has 0 spiro atoms. The van der Waals surface area contributed by atoms with Crippen LogP contribution in [0.25, 0.3) is 0 Å². The molecule has 1 atom stereocenters. The lowest BCUT2D eigenvalue weighted by Crippen LogP contribution is -2.11. The van der Waals surface area contributed by atoms with Crippen molar-refractivity contribution in [3.8, 4) is 0 Å². The van der Waals surface area contributed by atoms with E-state index in [4.69, 9.17) is 0 Å². The Bertz CT molecular complexity index is 152. The van der Waals surface area contributed by atoms with Gasteiger partial charge in [0.1, 0.15) is 0 Å². The highest BCUT2D eigenvalue weighted by atomic mass is 31.2. The highest BCUT2D eigenvalue weighted by molar-refractivity contribution is 7.70. The smallest absolute Gasteiger partial charge is 0.0108 e. The average Bonchev–Trinajstić information content (AvgIpc) is 2.60. The molecule has 1 saturated heterocycles. The van der Waals surface area contributed by atoms with Crippen molar-refractivity contribution in [2.45, 2.75) is 52.4 Å². The maximum absolute atomic E-state index is 10.4. The first-order chi connectivity index (χ1) is 6.70. The van der Waals surface area contributed by atoms with Crippen LogP contribution in [0, 0.1) is 5.92 Å².